The third-order valence-electron chi connectivity index (χ3n) is 4.98. The Morgan fingerprint density at radius 3 is 2.68 bits per heavy atom. The van der Waals surface area contributed by atoms with Gasteiger partial charge in [-0.2, -0.15) is 0 Å². The molecular formula is C19H20ClN3O3S2. The zero-order chi connectivity index (χ0) is 19.7. The van der Waals surface area contributed by atoms with Crippen LogP contribution in [-0.2, 0) is 10.0 Å². The highest BCUT2D eigenvalue weighted by atomic mass is 35.5. The van der Waals surface area contributed by atoms with E-state index in [9.17, 15) is 13.2 Å². The molecule has 1 aliphatic rings. The van der Waals surface area contributed by atoms with E-state index in [1.807, 2.05) is 6.07 Å². The molecule has 148 valence electrons. The SMILES string of the molecule is O=C(N[C@@H]1CCCC[C@@H]1NS(=O)(=O)c1cccs1)c1cc2cc(Cl)ccc2[nH]1. The summed E-state index contributed by atoms with van der Waals surface area (Å²) in [7, 11) is -3.58. The molecule has 1 fully saturated rings. The summed E-state index contributed by atoms with van der Waals surface area (Å²) in [6.45, 7) is 0. The number of thiophene rings is 1. The minimum absolute atomic E-state index is 0.250. The van der Waals surface area contributed by atoms with Crippen molar-refractivity contribution in [3.63, 3.8) is 0 Å². The Kier molecular flexibility index (Phi) is 5.46. The molecule has 2 heterocycles. The fourth-order valence-electron chi connectivity index (χ4n) is 3.59. The molecule has 28 heavy (non-hydrogen) atoms. The van der Waals surface area contributed by atoms with Crippen LogP contribution >= 0.6 is 22.9 Å². The minimum atomic E-state index is -3.58. The van der Waals surface area contributed by atoms with E-state index in [1.165, 1.54) is 11.3 Å². The zero-order valence-corrected chi connectivity index (χ0v) is 17.3. The van der Waals surface area contributed by atoms with Crippen molar-refractivity contribution in [2.45, 2.75) is 42.0 Å². The van der Waals surface area contributed by atoms with Gasteiger partial charge in [-0.1, -0.05) is 30.5 Å². The van der Waals surface area contributed by atoms with Gasteiger partial charge < -0.3 is 10.3 Å². The molecule has 0 aliphatic heterocycles. The van der Waals surface area contributed by atoms with Gasteiger partial charge in [0, 0.05) is 28.0 Å². The summed E-state index contributed by atoms with van der Waals surface area (Å²) in [5.41, 5.74) is 1.26. The summed E-state index contributed by atoms with van der Waals surface area (Å²) in [4.78, 5) is 15.8. The highest BCUT2D eigenvalue weighted by Crippen LogP contribution is 2.24. The van der Waals surface area contributed by atoms with Crippen LogP contribution < -0.4 is 10.0 Å². The maximum atomic E-state index is 12.8. The smallest absolute Gasteiger partial charge is 0.268 e. The van der Waals surface area contributed by atoms with E-state index in [1.54, 1.807) is 35.7 Å². The average Bonchev–Trinajstić information content (AvgIpc) is 3.32. The number of benzene rings is 1. The van der Waals surface area contributed by atoms with Crippen LogP contribution in [0, 0.1) is 0 Å². The first kappa shape index (κ1) is 19.4. The standard InChI is InChI=1S/C19H20ClN3O3S2/c20-13-7-8-14-12(10-13)11-17(21-14)19(24)22-15-4-1-2-5-16(15)23-28(25,26)18-6-3-9-27-18/h3,6-11,15-16,21,23H,1-2,4-5H2,(H,22,24)/t15-,16+/m1/s1. The van der Waals surface area contributed by atoms with E-state index < -0.39 is 10.0 Å². The molecule has 0 unspecified atom stereocenters. The Morgan fingerprint density at radius 2 is 1.93 bits per heavy atom. The predicted molar refractivity (Wildman–Crippen MR) is 111 cm³/mol. The van der Waals surface area contributed by atoms with Crippen molar-refractivity contribution >= 4 is 49.8 Å². The largest absolute Gasteiger partial charge is 0.351 e. The average molecular weight is 438 g/mol. The molecule has 1 aromatic carbocycles. The number of aromatic amines is 1. The van der Waals surface area contributed by atoms with E-state index in [0.717, 1.165) is 30.2 Å². The molecule has 1 aliphatic carbocycles. The maximum absolute atomic E-state index is 12.8. The van der Waals surface area contributed by atoms with Crippen LogP contribution in [0.15, 0.2) is 46.0 Å². The van der Waals surface area contributed by atoms with Crippen molar-refractivity contribution in [2.24, 2.45) is 0 Å². The Morgan fingerprint density at radius 1 is 1.14 bits per heavy atom. The molecule has 3 N–H and O–H groups in total. The van der Waals surface area contributed by atoms with Crippen LogP contribution in [0.25, 0.3) is 10.9 Å². The molecule has 0 saturated heterocycles. The van der Waals surface area contributed by atoms with Crippen LogP contribution in [-0.4, -0.2) is 31.4 Å². The molecule has 1 saturated carbocycles. The van der Waals surface area contributed by atoms with Gasteiger partial charge in [0.1, 0.15) is 9.90 Å². The van der Waals surface area contributed by atoms with Crippen molar-refractivity contribution in [3.8, 4) is 0 Å². The molecule has 4 rings (SSSR count). The summed E-state index contributed by atoms with van der Waals surface area (Å²) < 4.78 is 28.2. The number of hydrogen-bond acceptors (Lipinski definition) is 4. The molecular weight excluding hydrogens is 418 g/mol. The lowest BCUT2D eigenvalue weighted by Crippen LogP contribution is -2.53. The number of fused-ring (bicyclic) bond motifs is 1. The zero-order valence-electron chi connectivity index (χ0n) is 14.9. The second-order valence-electron chi connectivity index (χ2n) is 6.94. The van der Waals surface area contributed by atoms with E-state index >= 15 is 0 Å². The van der Waals surface area contributed by atoms with Gasteiger partial charge in [-0.05, 0) is 48.6 Å². The lowest BCUT2D eigenvalue weighted by atomic mass is 9.91. The first-order valence-electron chi connectivity index (χ1n) is 9.07. The molecule has 0 spiro atoms. The number of H-pyrrole nitrogens is 1. The van der Waals surface area contributed by atoms with Crippen LogP contribution in [0.1, 0.15) is 36.2 Å². The van der Waals surface area contributed by atoms with Crippen LogP contribution in [0.5, 0.6) is 0 Å². The Hall–Kier alpha value is -1.87. The second-order valence-corrected chi connectivity index (χ2v) is 10.3. The van der Waals surface area contributed by atoms with Crippen molar-refractivity contribution in [1.82, 2.24) is 15.0 Å². The summed E-state index contributed by atoms with van der Waals surface area (Å²) in [5, 5.41) is 6.20. The van der Waals surface area contributed by atoms with Gasteiger partial charge >= 0.3 is 0 Å². The molecule has 1 amide bonds. The van der Waals surface area contributed by atoms with Crippen molar-refractivity contribution < 1.29 is 13.2 Å². The number of nitrogens with one attached hydrogen (secondary N) is 3. The lowest BCUT2D eigenvalue weighted by Gasteiger charge is -2.32. The predicted octanol–water partition coefficient (Wildman–Crippen LogP) is 3.90. The van der Waals surface area contributed by atoms with Crippen molar-refractivity contribution in [2.75, 3.05) is 0 Å². The number of hydrogen-bond donors (Lipinski definition) is 3. The third-order valence-corrected chi connectivity index (χ3v) is 8.10. The van der Waals surface area contributed by atoms with Crippen molar-refractivity contribution in [1.29, 1.82) is 0 Å². The highest BCUT2D eigenvalue weighted by Gasteiger charge is 2.31. The van der Waals surface area contributed by atoms with E-state index in [4.69, 9.17) is 11.6 Å². The van der Waals surface area contributed by atoms with Gasteiger partial charge in [-0.25, -0.2) is 13.1 Å². The molecule has 6 nitrogen and oxygen atoms in total. The van der Waals surface area contributed by atoms with E-state index in [-0.39, 0.29) is 22.2 Å². The number of aromatic nitrogens is 1. The number of halogens is 1. The fraction of sp³-hybridized carbons (Fsp3) is 0.316. The highest BCUT2D eigenvalue weighted by molar-refractivity contribution is 7.91. The van der Waals surface area contributed by atoms with Gasteiger partial charge in [0.05, 0.1) is 0 Å². The quantitative estimate of drug-likeness (QED) is 0.565. The first-order valence-corrected chi connectivity index (χ1v) is 11.8. The van der Waals surface area contributed by atoms with Crippen molar-refractivity contribution in [3.05, 3.63) is 52.5 Å². The summed E-state index contributed by atoms with van der Waals surface area (Å²) in [6, 6.07) is 9.84. The Balaban J connectivity index is 1.50. The Labute approximate surface area is 172 Å². The fourth-order valence-corrected chi connectivity index (χ4v) is 6.09. The molecule has 2 aromatic heterocycles. The van der Waals surface area contributed by atoms with Crippen LogP contribution in [0.3, 0.4) is 0 Å². The molecule has 9 heteroatoms. The number of sulfonamides is 1. The van der Waals surface area contributed by atoms with Gasteiger partial charge in [-0.3, -0.25) is 4.79 Å². The molecule has 0 radical (unpaired) electrons. The maximum Gasteiger partial charge on any atom is 0.268 e. The summed E-state index contributed by atoms with van der Waals surface area (Å²) in [5.74, 6) is -0.250. The third kappa shape index (κ3) is 4.10. The number of amides is 1. The normalized spacial score (nSPS) is 20.3. The van der Waals surface area contributed by atoms with Gasteiger partial charge in [0.2, 0.25) is 10.0 Å². The van der Waals surface area contributed by atoms with Crippen LogP contribution in [0.4, 0.5) is 0 Å². The van der Waals surface area contributed by atoms with Gasteiger partial charge in [-0.15, -0.1) is 11.3 Å². The Bertz CT molecular complexity index is 1090. The van der Waals surface area contributed by atoms with Gasteiger partial charge in [0.15, 0.2) is 0 Å². The van der Waals surface area contributed by atoms with E-state index in [2.05, 4.69) is 15.0 Å². The monoisotopic (exact) mass is 437 g/mol. The minimum Gasteiger partial charge on any atom is -0.351 e. The topological polar surface area (TPSA) is 91.1 Å². The summed E-state index contributed by atoms with van der Waals surface area (Å²) in [6.07, 6.45) is 3.30. The summed E-state index contributed by atoms with van der Waals surface area (Å²) >= 11 is 7.19. The van der Waals surface area contributed by atoms with Gasteiger partial charge in [0.25, 0.3) is 5.91 Å². The lowest BCUT2D eigenvalue weighted by molar-refractivity contribution is 0.0914. The number of carbonyl (C=O) groups is 1. The molecule has 3 aromatic rings. The van der Waals surface area contributed by atoms with E-state index in [0.29, 0.717) is 17.1 Å². The first-order chi connectivity index (χ1) is 13.4. The molecule has 2 atom stereocenters. The number of rotatable bonds is 5. The number of carbonyl (C=O) groups excluding carboxylic acids is 1. The second kappa shape index (κ2) is 7.87. The molecule has 0 bridgehead atoms. The van der Waals surface area contributed by atoms with Crippen LogP contribution in [0.2, 0.25) is 5.02 Å².